The minimum Gasteiger partial charge on any atom is -0.313 e. The highest BCUT2D eigenvalue weighted by molar-refractivity contribution is 6.21. The summed E-state index contributed by atoms with van der Waals surface area (Å²) in [7, 11) is 1.58. The van der Waals surface area contributed by atoms with E-state index in [9.17, 15) is 19.3 Å². The number of hydrogen-bond acceptors (Lipinski definition) is 4. The molecule has 0 bridgehead atoms. The summed E-state index contributed by atoms with van der Waals surface area (Å²) in [4.78, 5) is 29.2. The number of fused-ring (bicyclic) bond motifs is 1. The van der Waals surface area contributed by atoms with E-state index in [1.54, 1.807) is 39.1 Å². The maximum atomic E-state index is 14.4. The molecule has 1 amide bonds. The third kappa shape index (κ3) is 2.77. The van der Waals surface area contributed by atoms with Gasteiger partial charge >= 0.3 is 0 Å². The molecule has 25 heavy (non-hydrogen) atoms. The van der Waals surface area contributed by atoms with Crippen LogP contribution in [0.15, 0.2) is 47.5 Å². The number of hydrogen-bond donors (Lipinski definition) is 0. The minimum atomic E-state index is -1.14. The van der Waals surface area contributed by atoms with Gasteiger partial charge in [-0.2, -0.15) is 0 Å². The minimum absolute atomic E-state index is 0.150. The molecule has 0 aliphatic carbocycles. The van der Waals surface area contributed by atoms with Crippen molar-refractivity contribution in [2.75, 3.05) is 11.9 Å². The van der Waals surface area contributed by atoms with Gasteiger partial charge in [-0.3, -0.25) is 19.9 Å². The number of likely N-dealkylation sites (N-methyl/N-ethyl adjacent to an activating group) is 1. The number of non-ortho nitro benzene ring substituents is 1. The lowest BCUT2D eigenvalue weighted by atomic mass is 9.99. The Hall–Kier alpha value is -3.09. The molecular weight excluding hydrogens is 325 g/mol. The lowest BCUT2D eigenvalue weighted by molar-refractivity contribution is -0.384. The van der Waals surface area contributed by atoms with Gasteiger partial charge in [0.2, 0.25) is 0 Å². The van der Waals surface area contributed by atoms with E-state index < -0.39 is 16.3 Å². The van der Waals surface area contributed by atoms with Crippen LogP contribution in [0.5, 0.6) is 0 Å². The molecule has 2 aromatic carbocycles. The average molecular weight is 341 g/mol. The number of nitro groups is 1. The fourth-order valence-corrected chi connectivity index (χ4v) is 2.89. The topological polar surface area (TPSA) is 75.8 Å². The van der Waals surface area contributed by atoms with Crippen LogP contribution in [0, 0.1) is 15.9 Å². The summed E-state index contributed by atoms with van der Waals surface area (Å²) in [5, 5.41) is 11.2. The molecule has 0 aromatic heterocycles. The van der Waals surface area contributed by atoms with Crippen LogP contribution in [0.4, 0.5) is 15.8 Å². The number of nitrogens with zero attached hydrogens (tertiary/aromatic N) is 3. The SMILES string of the molecule is CN1C(=O)C(C)(C)N=C(c2ccccc2F)c2cc([N+](=O)[O-])ccc21. The Balaban J connectivity index is 2.37. The van der Waals surface area contributed by atoms with Crippen LogP contribution in [0.2, 0.25) is 0 Å². The zero-order chi connectivity index (χ0) is 18.4. The largest absolute Gasteiger partial charge is 0.313 e. The van der Waals surface area contributed by atoms with Gasteiger partial charge in [-0.15, -0.1) is 0 Å². The lowest BCUT2D eigenvalue weighted by Crippen LogP contribution is -2.41. The summed E-state index contributed by atoms with van der Waals surface area (Å²) in [6.07, 6.45) is 0. The smallest absolute Gasteiger partial charge is 0.270 e. The molecule has 0 N–H and O–H groups in total. The van der Waals surface area contributed by atoms with Crippen molar-refractivity contribution in [3.8, 4) is 0 Å². The molecule has 0 atom stereocenters. The maximum Gasteiger partial charge on any atom is 0.270 e. The number of benzodiazepines with no additional fused rings is 1. The summed E-state index contributed by atoms with van der Waals surface area (Å²) in [5.41, 5.74) is -0.0765. The number of carbonyl (C=O) groups excluding carboxylic acids is 1. The van der Waals surface area contributed by atoms with Gasteiger partial charge in [0.15, 0.2) is 0 Å². The predicted molar refractivity (Wildman–Crippen MR) is 92.6 cm³/mol. The summed E-state index contributed by atoms with van der Waals surface area (Å²) in [5.74, 6) is -0.791. The first kappa shape index (κ1) is 16.8. The zero-order valence-corrected chi connectivity index (χ0v) is 14.0. The van der Waals surface area contributed by atoms with Crippen LogP contribution in [-0.2, 0) is 4.79 Å². The zero-order valence-electron chi connectivity index (χ0n) is 14.0. The predicted octanol–water partition coefficient (Wildman–Crippen LogP) is 3.33. The monoisotopic (exact) mass is 341 g/mol. The van der Waals surface area contributed by atoms with Crippen LogP contribution < -0.4 is 4.90 Å². The Bertz CT molecular complexity index is 922. The first-order valence-corrected chi connectivity index (χ1v) is 7.64. The van der Waals surface area contributed by atoms with Crippen molar-refractivity contribution in [1.29, 1.82) is 0 Å². The molecule has 1 aliphatic rings. The van der Waals surface area contributed by atoms with Gasteiger partial charge in [-0.1, -0.05) is 12.1 Å². The standard InChI is InChI=1S/C18H16FN3O3/c1-18(2)17(23)21(3)15-9-8-11(22(24)25)10-13(15)16(20-18)12-6-4-5-7-14(12)19/h4-10H,1-3H3. The van der Waals surface area contributed by atoms with E-state index in [4.69, 9.17) is 0 Å². The molecule has 7 heteroatoms. The number of nitro benzene ring substituents is 1. The van der Waals surface area contributed by atoms with Gasteiger partial charge < -0.3 is 4.90 Å². The van der Waals surface area contributed by atoms with Crippen molar-refractivity contribution in [1.82, 2.24) is 0 Å². The van der Waals surface area contributed by atoms with Gasteiger partial charge in [0.25, 0.3) is 11.6 Å². The second-order valence-corrected chi connectivity index (χ2v) is 6.32. The van der Waals surface area contributed by atoms with E-state index in [0.717, 1.165) is 0 Å². The van der Waals surface area contributed by atoms with E-state index in [1.165, 1.54) is 29.2 Å². The highest BCUT2D eigenvalue weighted by atomic mass is 19.1. The van der Waals surface area contributed by atoms with E-state index in [1.807, 2.05) is 0 Å². The number of anilines is 1. The molecule has 128 valence electrons. The molecule has 0 spiro atoms. The fraction of sp³-hybridized carbons (Fsp3) is 0.222. The van der Waals surface area contributed by atoms with Gasteiger partial charge in [0, 0.05) is 30.3 Å². The summed E-state index contributed by atoms with van der Waals surface area (Å²) >= 11 is 0. The van der Waals surface area contributed by atoms with Crippen molar-refractivity contribution < 1.29 is 14.1 Å². The van der Waals surface area contributed by atoms with E-state index >= 15 is 0 Å². The van der Waals surface area contributed by atoms with E-state index in [2.05, 4.69) is 4.99 Å². The summed E-state index contributed by atoms with van der Waals surface area (Å²) in [6, 6.07) is 10.2. The molecule has 1 aliphatic heterocycles. The van der Waals surface area contributed by atoms with Crippen LogP contribution >= 0.6 is 0 Å². The quantitative estimate of drug-likeness (QED) is 0.621. The average Bonchev–Trinajstić information content (AvgIpc) is 2.64. The summed E-state index contributed by atoms with van der Waals surface area (Å²) < 4.78 is 14.4. The molecule has 2 aromatic rings. The van der Waals surface area contributed by atoms with Crippen LogP contribution in [-0.4, -0.2) is 29.1 Å². The third-order valence-corrected chi connectivity index (χ3v) is 4.16. The highest BCUT2D eigenvalue weighted by Gasteiger charge is 2.37. The second kappa shape index (κ2) is 5.77. The Morgan fingerprint density at radius 3 is 2.48 bits per heavy atom. The molecular formula is C18H16FN3O3. The third-order valence-electron chi connectivity index (χ3n) is 4.16. The first-order chi connectivity index (χ1) is 11.7. The second-order valence-electron chi connectivity index (χ2n) is 6.32. The number of amides is 1. The number of rotatable bonds is 2. The van der Waals surface area contributed by atoms with Crippen LogP contribution in [0.3, 0.4) is 0 Å². The lowest BCUT2D eigenvalue weighted by Gasteiger charge is -2.24. The van der Waals surface area contributed by atoms with Gasteiger partial charge in [0.05, 0.1) is 16.3 Å². The molecule has 1 heterocycles. The van der Waals surface area contributed by atoms with Crippen LogP contribution in [0.1, 0.15) is 25.0 Å². The molecule has 0 fully saturated rings. The normalized spacial score (nSPS) is 16.1. The number of aliphatic imine (C=N–C) groups is 1. The molecule has 6 nitrogen and oxygen atoms in total. The van der Waals surface area contributed by atoms with Crippen molar-refractivity contribution in [3.63, 3.8) is 0 Å². The number of halogens is 1. The van der Waals surface area contributed by atoms with Gasteiger partial charge in [-0.25, -0.2) is 4.39 Å². The van der Waals surface area contributed by atoms with Crippen molar-refractivity contribution >= 4 is 23.0 Å². The molecule has 3 rings (SSSR count). The highest BCUT2D eigenvalue weighted by Crippen LogP contribution is 2.34. The Morgan fingerprint density at radius 2 is 1.84 bits per heavy atom. The Labute approximate surface area is 143 Å². The molecule has 0 saturated carbocycles. The van der Waals surface area contributed by atoms with Crippen molar-refractivity contribution in [3.05, 3.63) is 69.5 Å². The first-order valence-electron chi connectivity index (χ1n) is 7.64. The molecule has 0 radical (unpaired) electrons. The Kier molecular flexibility index (Phi) is 3.87. The number of benzene rings is 2. The van der Waals surface area contributed by atoms with Crippen molar-refractivity contribution in [2.45, 2.75) is 19.4 Å². The summed E-state index contributed by atoms with van der Waals surface area (Å²) in [6.45, 7) is 3.26. The maximum absolute atomic E-state index is 14.4. The van der Waals surface area contributed by atoms with E-state index in [0.29, 0.717) is 11.3 Å². The fourth-order valence-electron chi connectivity index (χ4n) is 2.89. The molecule has 0 saturated heterocycles. The van der Waals surface area contributed by atoms with E-state index in [-0.39, 0.29) is 22.9 Å². The van der Waals surface area contributed by atoms with Crippen molar-refractivity contribution in [2.24, 2.45) is 4.99 Å². The Morgan fingerprint density at radius 1 is 1.16 bits per heavy atom. The van der Waals surface area contributed by atoms with Gasteiger partial charge in [0.1, 0.15) is 11.4 Å². The van der Waals surface area contributed by atoms with Crippen LogP contribution in [0.25, 0.3) is 0 Å². The van der Waals surface area contributed by atoms with Gasteiger partial charge in [-0.05, 0) is 32.0 Å². The molecule has 0 unspecified atom stereocenters. The number of carbonyl (C=O) groups is 1.